The molecule has 2 fully saturated rings. The number of carbonyl (C=O) groups is 1. The molecule has 2 aliphatic heterocycles. The Hall–Kier alpha value is -2.28. The lowest BCUT2D eigenvalue weighted by Crippen LogP contribution is -2.33. The van der Waals surface area contributed by atoms with Gasteiger partial charge in [-0.3, -0.25) is 4.79 Å². The predicted octanol–water partition coefficient (Wildman–Crippen LogP) is 3.54. The van der Waals surface area contributed by atoms with Gasteiger partial charge in [-0.05, 0) is 58.4 Å². The molecule has 4 heterocycles. The normalized spacial score (nSPS) is 20.7. The quantitative estimate of drug-likeness (QED) is 0.802. The van der Waals surface area contributed by atoms with Gasteiger partial charge in [-0.2, -0.15) is 0 Å². The van der Waals surface area contributed by atoms with Gasteiger partial charge in [-0.1, -0.05) is 5.16 Å². The largest absolute Gasteiger partial charge is 0.381 e. The first-order chi connectivity index (χ1) is 13.5. The van der Waals surface area contributed by atoms with Crippen molar-refractivity contribution in [2.45, 2.75) is 58.9 Å². The van der Waals surface area contributed by atoms with Crippen molar-refractivity contribution >= 4 is 5.91 Å². The summed E-state index contributed by atoms with van der Waals surface area (Å²) < 4.78 is 10.7. The fraction of sp³-hybridized carbons (Fsp3) is 0.619. The van der Waals surface area contributed by atoms with Gasteiger partial charge in [0.25, 0.3) is 0 Å². The zero-order valence-electron chi connectivity index (χ0n) is 16.9. The zero-order valence-corrected chi connectivity index (χ0v) is 16.9. The topological polar surface area (TPSA) is 81.4 Å². The summed E-state index contributed by atoms with van der Waals surface area (Å²) in [5.41, 5.74) is 3.48. The number of rotatable bonds is 4. The number of hydrogen-bond acceptors (Lipinski definition) is 6. The van der Waals surface area contributed by atoms with Crippen LogP contribution in [-0.4, -0.2) is 45.7 Å². The number of aromatic nitrogens is 3. The molecular weight excluding hydrogens is 356 g/mol. The molecule has 1 atom stereocenters. The number of ether oxygens (including phenoxy) is 1. The second-order valence-electron chi connectivity index (χ2n) is 7.93. The van der Waals surface area contributed by atoms with Crippen molar-refractivity contribution in [3.8, 4) is 11.3 Å². The van der Waals surface area contributed by atoms with Crippen molar-refractivity contribution in [2.24, 2.45) is 5.92 Å². The SMILES string of the molecule is Cc1nc(-c2c(C)noc2C)cc([C@@H]2CCCN2C(=O)CC2CCOCC2)n1. The minimum absolute atomic E-state index is 0.0215. The minimum Gasteiger partial charge on any atom is -0.381 e. The maximum atomic E-state index is 13.0. The van der Waals surface area contributed by atoms with Crippen LogP contribution in [0.3, 0.4) is 0 Å². The highest BCUT2D eigenvalue weighted by atomic mass is 16.5. The summed E-state index contributed by atoms with van der Waals surface area (Å²) in [5, 5.41) is 4.05. The summed E-state index contributed by atoms with van der Waals surface area (Å²) in [7, 11) is 0. The van der Waals surface area contributed by atoms with Crippen LogP contribution in [0.5, 0.6) is 0 Å². The fourth-order valence-corrected chi connectivity index (χ4v) is 4.43. The van der Waals surface area contributed by atoms with Gasteiger partial charge >= 0.3 is 0 Å². The minimum atomic E-state index is 0.0215. The van der Waals surface area contributed by atoms with Crippen LogP contribution in [0.15, 0.2) is 10.6 Å². The fourth-order valence-electron chi connectivity index (χ4n) is 4.43. The lowest BCUT2D eigenvalue weighted by Gasteiger charge is -2.28. The number of likely N-dealkylation sites (tertiary alicyclic amines) is 1. The van der Waals surface area contributed by atoms with Crippen LogP contribution >= 0.6 is 0 Å². The van der Waals surface area contributed by atoms with E-state index in [9.17, 15) is 4.79 Å². The summed E-state index contributed by atoms with van der Waals surface area (Å²) in [6, 6.07) is 2.03. The smallest absolute Gasteiger partial charge is 0.223 e. The van der Waals surface area contributed by atoms with E-state index in [0.717, 1.165) is 73.8 Å². The average Bonchev–Trinajstić information content (AvgIpc) is 3.29. The number of hydrogen-bond donors (Lipinski definition) is 0. The van der Waals surface area contributed by atoms with Crippen LogP contribution in [0.25, 0.3) is 11.3 Å². The van der Waals surface area contributed by atoms with Crippen molar-refractivity contribution in [2.75, 3.05) is 19.8 Å². The Labute approximate surface area is 165 Å². The molecule has 0 bridgehead atoms. The Morgan fingerprint density at radius 1 is 1.18 bits per heavy atom. The van der Waals surface area contributed by atoms with E-state index >= 15 is 0 Å². The van der Waals surface area contributed by atoms with Crippen molar-refractivity contribution in [3.63, 3.8) is 0 Å². The molecule has 2 aromatic rings. The molecule has 0 aliphatic carbocycles. The first kappa shape index (κ1) is 19.1. The van der Waals surface area contributed by atoms with Crippen LogP contribution < -0.4 is 0 Å². The van der Waals surface area contributed by atoms with E-state index in [1.807, 2.05) is 31.7 Å². The number of amides is 1. The first-order valence-electron chi connectivity index (χ1n) is 10.2. The summed E-state index contributed by atoms with van der Waals surface area (Å²) in [6.45, 7) is 8.05. The molecule has 2 aromatic heterocycles. The van der Waals surface area contributed by atoms with E-state index in [1.54, 1.807) is 0 Å². The highest BCUT2D eigenvalue weighted by Crippen LogP contribution is 2.35. The van der Waals surface area contributed by atoms with Gasteiger partial charge in [0, 0.05) is 26.2 Å². The summed E-state index contributed by atoms with van der Waals surface area (Å²) in [5.74, 6) is 2.13. The molecule has 7 nitrogen and oxygen atoms in total. The molecule has 28 heavy (non-hydrogen) atoms. The molecule has 0 spiro atoms. The van der Waals surface area contributed by atoms with Gasteiger partial charge in [-0.15, -0.1) is 0 Å². The van der Waals surface area contributed by atoms with Crippen molar-refractivity contribution < 1.29 is 14.1 Å². The number of aryl methyl sites for hydroxylation is 3. The molecule has 2 aliphatic rings. The van der Waals surface area contributed by atoms with Gasteiger partial charge in [0.1, 0.15) is 11.6 Å². The summed E-state index contributed by atoms with van der Waals surface area (Å²) in [4.78, 5) is 24.3. The molecule has 0 aromatic carbocycles. The Morgan fingerprint density at radius 2 is 1.96 bits per heavy atom. The molecule has 0 radical (unpaired) electrons. The van der Waals surface area contributed by atoms with E-state index in [4.69, 9.17) is 9.26 Å². The highest BCUT2D eigenvalue weighted by molar-refractivity contribution is 5.77. The van der Waals surface area contributed by atoms with Gasteiger partial charge < -0.3 is 14.2 Å². The van der Waals surface area contributed by atoms with Gasteiger partial charge in [0.2, 0.25) is 5.91 Å². The molecule has 4 rings (SSSR count). The third-order valence-electron chi connectivity index (χ3n) is 5.87. The molecular formula is C21H28N4O3. The van der Waals surface area contributed by atoms with Crippen LogP contribution in [0.2, 0.25) is 0 Å². The number of carbonyl (C=O) groups excluding carboxylic acids is 1. The molecule has 0 N–H and O–H groups in total. The Balaban J connectivity index is 1.58. The molecule has 2 saturated heterocycles. The maximum absolute atomic E-state index is 13.0. The van der Waals surface area contributed by atoms with Crippen LogP contribution in [0.4, 0.5) is 0 Å². The maximum Gasteiger partial charge on any atom is 0.223 e. The molecule has 7 heteroatoms. The van der Waals surface area contributed by atoms with E-state index in [1.165, 1.54) is 0 Å². The van der Waals surface area contributed by atoms with Gasteiger partial charge in [-0.25, -0.2) is 9.97 Å². The molecule has 1 amide bonds. The van der Waals surface area contributed by atoms with Crippen LogP contribution in [0.1, 0.15) is 61.1 Å². The van der Waals surface area contributed by atoms with E-state index < -0.39 is 0 Å². The third kappa shape index (κ3) is 3.81. The second kappa shape index (κ2) is 7.99. The highest BCUT2D eigenvalue weighted by Gasteiger charge is 2.33. The van der Waals surface area contributed by atoms with Crippen molar-refractivity contribution in [1.82, 2.24) is 20.0 Å². The predicted molar refractivity (Wildman–Crippen MR) is 104 cm³/mol. The van der Waals surface area contributed by atoms with Crippen LogP contribution in [0, 0.1) is 26.7 Å². The lowest BCUT2D eigenvalue weighted by atomic mass is 9.95. The monoisotopic (exact) mass is 384 g/mol. The molecule has 150 valence electrons. The summed E-state index contributed by atoms with van der Waals surface area (Å²) in [6.07, 6.45) is 4.52. The van der Waals surface area contributed by atoms with Crippen molar-refractivity contribution in [1.29, 1.82) is 0 Å². The molecule has 0 saturated carbocycles. The first-order valence-corrected chi connectivity index (χ1v) is 10.2. The molecule has 0 unspecified atom stereocenters. The average molecular weight is 384 g/mol. The van der Waals surface area contributed by atoms with Crippen molar-refractivity contribution in [3.05, 3.63) is 29.0 Å². The summed E-state index contributed by atoms with van der Waals surface area (Å²) >= 11 is 0. The van der Waals surface area contributed by atoms with Gasteiger partial charge in [0.05, 0.1) is 28.7 Å². The Kier molecular flexibility index (Phi) is 5.44. The van der Waals surface area contributed by atoms with Gasteiger partial charge in [0.15, 0.2) is 0 Å². The lowest BCUT2D eigenvalue weighted by molar-refractivity contribution is -0.133. The second-order valence-corrected chi connectivity index (χ2v) is 7.93. The zero-order chi connectivity index (χ0) is 19.7. The van der Waals surface area contributed by atoms with Crippen LogP contribution in [-0.2, 0) is 9.53 Å². The standard InChI is InChI=1S/C21H28N4O3/c1-13-21(14(2)28-24-13)18-12-17(22-15(3)23-18)19-5-4-8-25(19)20(26)11-16-6-9-27-10-7-16/h12,16,19H,4-11H2,1-3H3/t19-/m0/s1. The third-order valence-corrected chi connectivity index (χ3v) is 5.87. The van der Waals surface area contributed by atoms with E-state index in [-0.39, 0.29) is 11.9 Å². The van der Waals surface area contributed by atoms with E-state index in [0.29, 0.717) is 18.2 Å². The van der Waals surface area contributed by atoms with E-state index in [2.05, 4.69) is 15.1 Å². The Bertz CT molecular complexity index is 838. The number of nitrogens with zero attached hydrogens (tertiary/aromatic N) is 4. The Morgan fingerprint density at radius 3 is 2.68 bits per heavy atom.